The van der Waals surface area contributed by atoms with Gasteiger partial charge in [-0.25, -0.2) is 0 Å². The van der Waals surface area contributed by atoms with Crippen LogP contribution in [0.1, 0.15) is 17.5 Å². The number of aromatic nitrogens is 5. The van der Waals surface area contributed by atoms with Gasteiger partial charge in [0.05, 0.1) is 23.7 Å². The molecule has 5 aromatic rings. The minimum atomic E-state index is 0.560. The van der Waals surface area contributed by atoms with Crippen LogP contribution in [-0.4, -0.2) is 37.6 Å². The lowest BCUT2D eigenvalue weighted by atomic mass is 10.0. The number of hydrogen-bond acceptors (Lipinski definition) is 8. The van der Waals surface area contributed by atoms with E-state index in [4.69, 9.17) is 19.7 Å². The van der Waals surface area contributed by atoms with Gasteiger partial charge in [-0.1, -0.05) is 6.07 Å². The van der Waals surface area contributed by atoms with Gasteiger partial charge in [0.1, 0.15) is 11.6 Å². The Balaban J connectivity index is 1.58. The van der Waals surface area contributed by atoms with Crippen molar-refractivity contribution >= 4 is 64.0 Å². The first kappa shape index (κ1) is 22.4. The highest BCUT2D eigenvalue weighted by atomic mass is 127. The first-order valence-electron chi connectivity index (χ1n) is 11.3. The molecule has 0 aliphatic carbocycles. The van der Waals surface area contributed by atoms with Gasteiger partial charge < -0.3 is 15.4 Å². The van der Waals surface area contributed by atoms with Crippen molar-refractivity contribution in [2.45, 2.75) is 19.4 Å². The minimum Gasteiger partial charge on any atom is -0.492 e. The average molecular weight is 595 g/mol. The fourth-order valence-electron chi connectivity index (χ4n) is 4.38. The van der Waals surface area contributed by atoms with E-state index in [0.29, 0.717) is 19.1 Å². The van der Waals surface area contributed by atoms with E-state index in [1.807, 2.05) is 25.5 Å². The summed E-state index contributed by atoms with van der Waals surface area (Å²) in [6.07, 6.45) is 9.50. The average Bonchev–Trinajstić information content (AvgIpc) is 3.28. The number of halogens is 1. The summed E-state index contributed by atoms with van der Waals surface area (Å²) in [4.78, 5) is 18.6. The molecule has 1 aliphatic rings. The summed E-state index contributed by atoms with van der Waals surface area (Å²) in [6.45, 7) is 1.18. The van der Waals surface area contributed by atoms with Gasteiger partial charge in [-0.3, -0.25) is 13.9 Å². The molecule has 8 nitrogen and oxygen atoms in total. The monoisotopic (exact) mass is 595 g/mol. The quantitative estimate of drug-likeness (QED) is 0.245. The maximum Gasteiger partial charge on any atom is 0.226 e. The second-order valence-corrected chi connectivity index (χ2v) is 10.1. The molecule has 0 saturated heterocycles. The Morgan fingerprint density at radius 1 is 1.11 bits per heavy atom. The van der Waals surface area contributed by atoms with E-state index >= 15 is 0 Å². The van der Waals surface area contributed by atoms with Crippen LogP contribution in [0.25, 0.3) is 33.1 Å². The van der Waals surface area contributed by atoms with E-state index in [-0.39, 0.29) is 0 Å². The predicted molar refractivity (Wildman–Crippen MR) is 150 cm³/mol. The van der Waals surface area contributed by atoms with Crippen molar-refractivity contribution < 1.29 is 4.74 Å². The number of hydrogen-bond donors (Lipinski definition) is 2. The van der Waals surface area contributed by atoms with Gasteiger partial charge in [0.25, 0.3) is 0 Å². The minimum absolute atomic E-state index is 0.560. The molecule has 5 heterocycles. The SMILES string of the molecule is CNc1nc2c3c(cn(SI)c3n1)-c1ccc3ncc(cc3c1)CCCOc1cncc(c1)CN2. The fraction of sp³-hybridized carbons (Fsp3) is 0.200. The van der Waals surface area contributed by atoms with Crippen LogP contribution < -0.4 is 15.4 Å². The van der Waals surface area contributed by atoms with Crippen LogP contribution in [0.5, 0.6) is 5.75 Å². The molecule has 2 N–H and O–H groups in total. The number of pyridine rings is 2. The van der Waals surface area contributed by atoms with Gasteiger partial charge in [0.2, 0.25) is 5.95 Å². The summed E-state index contributed by atoms with van der Waals surface area (Å²) in [5, 5.41) is 8.72. The fourth-order valence-corrected chi connectivity index (χ4v) is 5.63. The summed E-state index contributed by atoms with van der Waals surface area (Å²) in [5.41, 5.74) is 6.22. The van der Waals surface area contributed by atoms with Crippen LogP contribution in [0.3, 0.4) is 0 Å². The Labute approximate surface area is 218 Å². The molecule has 0 fully saturated rings. The molecule has 176 valence electrons. The van der Waals surface area contributed by atoms with Crippen LogP contribution in [-0.2, 0) is 13.0 Å². The Morgan fingerprint density at radius 2 is 2.06 bits per heavy atom. The highest BCUT2D eigenvalue weighted by molar-refractivity contribution is 14.2. The van der Waals surface area contributed by atoms with Crippen molar-refractivity contribution in [1.82, 2.24) is 23.9 Å². The number of anilines is 2. The Morgan fingerprint density at radius 3 is 2.94 bits per heavy atom. The zero-order valence-corrected chi connectivity index (χ0v) is 21.9. The van der Waals surface area contributed by atoms with Crippen LogP contribution >= 0.6 is 30.3 Å². The molecule has 0 spiro atoms. The van der Waals surface area contributed by atoms with Crippen LogP contribution in [0, 0.1) is 0 Å². The topological polar surface area (TPSA) is 89.8 Å². The molecule has 6 rings (SSSR count). The Bertz CT molecular complexity index is 1550. The molecular weight excluding hydrogens is 573 g/mol. The zero-order chi connectivity index (χ0) is 23.8. The van der Waals surface area contributed by atoms with Gasteiger partial charge in [-0.15, -0.1) is 0 Å². The smallest absolute Gasteiger partial charge is 0.226 e. The lowest BCUT2D eigenvalue weighted by molar-refractivity contribution is 0.309. The molecule has 0 saturated carbocycles. The van der Waals surface area contributed by atoms with E-state index in [9.17, 15) is 0 Å². The Hall–Kier alpha value is -3.12. The summed E-state index contributed by atoms with van der Waals surface area (Å²) in [7, 11) is 3.41. The Kier molecular flexibility index (Phi) is 6.06. The largest absolute Gasteiger partial charge is 0.492 e. The molecule has 10 heteroatoms. The first-order valence-corrected chi connectivity index (χ1v) is 14.6. The van der Waals surface area contributed by atoms with Crippen LogP contribution in [0.4, 0.5) is 11.8 Å². The van der Waals surface area contributed by atoms with Crippen molar-refractivity contribution in [3.63, 3.8) is 0 Å². The lowest BCUT2D eigenvalue weighted by Crippen LogP contribution is -2.07. The number of ether oxygens (including phenoxy) is 1. The van der Waals surface area contributed by atoms with Crippen molar-refractivity contribution in [3.05, 3.63) is 66.2 Å². The molecule has 35 heavy (non-hydrogen) atoms. The second kappa shape index (κ2) is 9.50. The summed E-state index contributed by atoms with van der Waals surface area (Å²) >= 11 is 2.28. The van der Waals surface area contributed by atoms with Gasteiger partial charge in [-0.05, 0) is 53.8 Å². The van der Waals surface area contributed by atoms with Gasteiger partial charge in [0.15, 0.2) is 5.65 Å². The standard InChI is InChI=1S/C25H22IN7OS/c1-27-25-31-23-22-20(14-33(35-26)24(22)32-25)17-4-5-21-18(9-17)7-15(11-29-21)3-2-6-34-19-8-16(12-30-23)10-28-13-19/h4-5,7-11,13-14H,2-3,6,12H2,1H3,(H2,27,30,31,32). The molecule has 0 radical (unpaired) electrons. The van der Waals surface area contributed by atoms with E-state index in [2.05, 4.69) is 71.3 Å². The molecule has 4 aromatic heterocycles. The maximum atomic E-state index is 5.99. The number of benzene rings is 1. The molecule has 5 bridgehead atoms. The van der Waals surface area contributed by atoms with Crippen LogP contribution in [0.15, 0.2) is 55.1 Å². The van der Waals surface area contributed by atoms with E-state index in [1.54, 1.807) is 15.3 Å². The summed E-state index contributed by atoms with van der Waals surface area (Å²) in [5.74, 6) is 2.09. The maximum absolute atomic E-state index is 5.99. The van der Waals surface area contributed by atoms with Crippen molar-refractivity contribution in [1.29, 1.82) is 0 Å². The normalized spacial score (nSPS) is 13.5. The molecular formula is C25H22IN7OS. The van der Waals surface area contributed by atoms with Gasteiger partial charge in [-0.2, -0.15) is 9.97 Å². The first-order chi connectivity index (χ1) is 17.2. The van der Waals surface area contributed by atoms with E-state index in [1.165, 1.54) is 5.56 Å². The third kappa shape index (κ3) is 4.36. The summed E-state index contributed by atoms with van der Waals surface area (Å²) < 4.78 is 8.06. The van der Waals surface area contributed by atoms with Crippen LogP contribution in [0.2, 0.25) is 0 Å². The highest BCUT2D eigenvalue weighted by Crippen LogP contribution is 2.39. The second-order valence-electron chi connectivity index (χ2n) is 8.37. The number of rotatable bonds is 2. The third-order valence-corrected chi connectivity index (χ3v) is 7.77. The molecule has 0 amide bonds. The summed E-state index contributed by atoms with van der Waals surface area (Å²) in [6, 6.07) is 10.7. The molecule has 0 unspecified atom stereocenters. The van der Waals surface area contributed by atoms with Gasteiger partial charge >= 0.3 is 0 Å². The molecule has 0 atom stereocenters. The van der Waals surface area contributed by atoms with Gasteiger partial charge in [0, 0.05) is 73.5 Å². The van der Waals surface area contributed by atoms with Crippen molar-refractivity contribution in [2.24, 2.45) is 0 Å². The highest BCUT2D eigenvalue weighted by Gasteiger charge is 2.19. The predicted octanol–water partition coefficient (Wildman–Crippen LogP) is 5.87. The number of aryl methyl sites for hydroxylation is 1. The number of fused-ring (bicyclic) bond motifs is 5. The molecule has 1 aromatic carbocycles. The van der Waals surface area contributed by atoms with Crippen molar-refractivity contribution in [3.8, 4) is 16.9 Å². The molecule has 1 aliphatic heterocycles. The number of nitrogens with one attached hydrogen (secondary N) is 2. The lowest BCUT2D eigenvalue weighted by Gasteiger charge is -2.12. The number of nitrogens with zero attached hydrogens (tertiary/aromatic N) is 5. The van der Waals surface area contributed by atoms with E-state index in [0.717, 1.165) is 63.0 Å². The van der Waals surface area contributed by atoms with E-state index < -0.39 is 0 Å². The van der Waals surface area contributed by atoms with Crippen molar-refractivity contribution in [2.75, 3.05) is 24.3 Å². The third-order valence-electron chi connectivity index (χ3n) is 6.07. The zero-order valence-electron chi connectivity index (χ0n) is 19.0.